The molecule has 1 aromatic heterocycles. The molecule has 2 N–H and O–H groups in total. The van der Waals surface area contributed by atoms with Gasteiger partial charge < -0.3 is 15.1 Å². The number of anilines is 2. The van der Waals surface area contributed by atoms with Crippen LogP contribution in [0.3, 0.4) is 0 Å². The number of para-hydroxylation sites is 1. The summed E-state index contributed by atoms with van der Waals surface area (Å²) in [5.41, 5.74) is 2.74. The molecule has 0 saturated carbocycles. The highest BCUT2D eigenvalue weighted by atomic mass is 16.3. The summed E-state index contributed by atoms with van der Waals surface area (Å²) in [4.78, 5) is 24.2. The Balaban J connectivity index is 1.78. The third kappa shape index (κ3) is 3.71. The smallest absolute Gasteiger partial charge is 0.291 e. The fraction of sp³-hybridized carbons (Fsp3) is 0.200. The summed E-state index contributed by atoms with van der Waals surface area (Å²) in [5, 5.41) is 6.56. The molecule has 0 aliphatic carbocycles. The second-order valence-electron chi connectivity index (χ2n) is 5.89. The predicted octanol–water partition coefficient (Wildman–Crippen LogP) is 4.73. The zero-order chi connectivity index (χ0) is 17.8. The van der Waals surface area contributed by atoms with E-state index in [1.807, 2.05) is 38.1 Å². The molecular formula is C20H20N2O3. The molecule has 2 aromatic carbocycles. The Morgan fingerprint density at radius 2 is 1.72 bits per heavy atom. The van der Waals surface area contributed by atoms with E-state index in [4.69, 9.17) is 4.42 Å². The number of rotatable bonds is 5. The minimum Gasteiger partial charge on any atom is -0.451 e. The van der Waals surface area contributed by atoms with E-state index in [9.17, 15) is 9.59 Å². The Kier molecular flexibility index (Phi) is 4.84. The fourth-order valence-corrected chi connectivity index (χ4v) is 2.70. The Morgan fingerprint density at radius 3 is 2.44 bits per heavy atom. The second-order valence-corrected chi connectivity index (χ2v) is 5.89. The zero-order valence-corrected chi connectivity index (χ0v) is 14.3. The van der Waals surface area contributed by atoms with E-state index in [-0.39, 0.29) is 11.8 Å². The van der Waals surface area contributed by atoms with Crippen molar-refractivity contribution in [1.29, 1.82) is 0 Å². The van der Waals surface area contributed by atoms with Gasteiger partial charge in [0.15, 0.2) is 5.76 Å². The number of benzene rings is 2. The highest BCUT2D eigenvalue weighted by molar-refractivity contribution is 6.06. The molecule has 0 fully saturated rings. The lowest BCUT2D eigenvalue weighted by Crippen LogP contribution is -2.13. The molecule has 2 amide bonds. The van der Waals surface area contributed by atoms with E-state index in [1.54, 1.807) is 24.3 Å². The molecule has 0 aliphatic rings. The lowest BCUT2D eigenvalue weighted by atomic mass is 10.1. The number of furan rings is 1. The van der Waals surface area contributed by atoms with Gasteiger partial charge in [0.1, 0.15) is 5.58 Å². The number of nitrogens with one attached hydrogen (secondary N) is 2. The van der Waals surface area contributed by atoms with E-state index in [0.717, 1.165) is 17.4 Å². The van der Waals surface area contributed by atoms with Gasteiger partial charge in [-0.3, -0.25) is 9.59 Å². The maximum Gasteiger partial charge on any atom is 0.291 e. The molecule has 0 atom stereocenters. The first kappa shape index (κ1) is 16.8. The van der Waals surface area contributed by atoms with Crippen LogP contribution in [0, 0.1) is 6.92 Å². The van der Waals surface area contributed by atoms with Crippen LogP contribution in [0.1, 0.15) is 35.9 Å². The van der Waals surface area contributed by atoms with Crippen molar-refractivity contribution in [2.75, 3.05) is 10.6 Å². The van der Waals surface area contributed by atoms with Gasteiger partial charge >= 0.3 is 0 Å². The first-order valence-electron chi connectivity index (χ1n) is 8.28. The number of carbonyl (C=O) groups is 2. The Bertz CT molecular complexity index is 928. The number of hydrogen-bond donors (Lipinski definition) is 2. The predicted molar refractivity (Wildman–Crippen MR) is 98.9 cm³/mol. The molecule has 0 saturated heterocycles. The molecule has 3 rings (SSSR count). The standard InChI is InChI=1S/C20H20N2O3/c1-3-7-18(23)21-14-8-6-9-15(12-14)22-20(24)19-13(2)16-10-4-5-11-17(16)25-19/h4-6,8-12H,3,7H2,1-2H3,(H,21,23)(H,22,24). The van der Waals surface area contributed by atoms with Crippen LogP contribution in [0.4, 0.5) is 11.4 Å². The molecule has 0 bridgehead atoms. The van der Waals surface area contributed by atoms with Crippen LogP contribution >= 0.6 is 0 Å². The summed E-state index contributed by atoms with van der Waals surface area (Å²) < 4.78 is 5.68. The molecule has 0 radical (unpaired) electrons. The molecule has 25 heavy (non-hydrogen) atoms. The van der Waals surface area contributed by atoms with Gasteiger partial charge in [-0.05, 0) is 37.6 Å². The van der Waals surface area contributed by atoms with Crippen molar-refractivity contribution >= 4 is 34.2 Å². The van der Waals surface area contributed by atoms with Crippen LogP contribution in [0.2, 0.25) is 0 Å². The van der Waals surface area contributed by atoms with Gasteiger partial charge in [0, 0.05) is 28.7 Å². The molecule has 0 unspecified atom stereocenters. The van der Waals surface area contributed by atoms with Crippen LogP contribution < -0.4 is 10.6 Å². The molecule has 0 aliphatic heterocycles. The van der Waals surface area contributed by atoms with E-state index < -0.39 is 0 Å². The van der Waals surface area contributed by atoms with Crippen molar-refractivity contribution in [1.82, 2.24) is 0 Å². The van der Waals surface area contributed by atoms with Crippen molar-refractivity contribution in [2.24, 2.45) is 0 Å². The van der Waals surface area contributed by atoms with Crippen molar-refractivity contribution in [3.8, 4) is 0 Å². The van der Waals surface area contributed by atoms with Gasteiger partial charge in [-0.2, -0.15) is 0 Å². The number of fused-ring (bicyclic) bond motifs is 1. The molecule has 128 valence electrons. The molecule has 1 heterocycles. The number of aryl methyl sites for hydroxylation is 1. The average Bonchev–Trinajstić information content (AvgIpc) is 2.93. The van der Waals surface area contributed by atoms with Gasteiger partial charge in [0.05, 0.1) is 0 Å². The first-order chi connectivity index (χ1) is 12.1. The third-order valence-corrected chi connectivity index (χ3v) is 3.93. The first-order valence-corrected chi connectivity index (χ1v) is 8.28. The number of hydrogen-bond acceptors (Lipinski definition) is 3. The molecule has 5 nitrogen and oxygen atoms in total. The summed E-state index contributed by atoms with van der Waals surface area (Å²) in [6.07, 6.45) is 1.25. The lowest BCUT2D eigenvalue weighted by molar-refractivity contribution is -0.116. The van der Waals surface area contributed by atoms with Crippen molar-refractivity contribution in [3.05, 3.63) is 59.9 Å². The fourth-order valence-electron chi connectivity index (χ4n) is 2.70. The highest BCUT2D eigenvalue weighted by Crippen LogP contribution is 2.26. The summed E-state index contributed by atoms with van der Waals surface area (Å²) in [5.74, 6) is -0.0635. The van der Waals surface area contributed by atoms with Gasteiger partial charge in [0.25, 0.3) is 5.91 Å². The lowest BCUT2D eigenvalue weighted by Gasteiger charge is -2.08. The molecular weight excluding hydrogens is 316 g/mol. The Labute approximate surface area is 146 Å². The quantitative estimate of drug-likeness (QED) is 0.707. The van der Waals surface area contributed by atoms with Crippen LogP contribution in [0.5, 0.6) is 0 Å². The normalized spacial score (nSPS) is 10.6. The van der Waals surface area contributed by atoms with Crippen LogP contribution in [0.25, 0.3) is 11.0 Å². The van der Waals surface area contributed by atoms with Gasteiger partial charge in [-0.25, -0.2) is 0 Å². The number of amides is 2. The minimum absolute atomic E-state index is 0.0425. The summed E-state index contributed by atoms with van der Waals surface area (Å²) in [6, 6.07) is 14.6. The van der Waals surface area contributed by atoms with E-state index in [2.05, 4.69) is 10.6 Å². The van der Waals surface area contributed by atoms with E-state index >= 15 is 0 Å². The topological polar surface area (TPSA) is 71.3 Å². The van der Waals surface area contributed by atoms with Crippen LogP contribution in [-0.4, -0.2) is 11.8 Å². The molecule has 5 heteroatoms. The maximum atomic E-state index is 12.5. The summed E-state index contributed by atoms with van der Waals surface area (Å²) in [7, 11) is 0. The van der Waals surface area contributed by atoms with Gasteiger partial charge in [0.2, 0.25) is 5.91 Å². The third-order valence-electron chi connectivity index (χ3n) is 3.93. The van der Waals surface area contributed by atoms with Crippen LogP contribution in [-0.2, 0) is 4.79 Å². The monoisotopic (exact) mass is 336 g/mol. The average molecular weight is 336 g/mol. The van der Waals surface area contributed by atoms with E-state index in [1.165, 1.54) is 0 Å². The Morgan fingerprint density at radius 1 is 1.00 bits per heavy atom. The Hall–Kier alpha value is -3.08. The second kappa shape index (κ2) is 7.21. The number of carbonyl (C=O) groups excluding carboxylic acids is 2. The van der Waals surface area contributed by atoms with Gasteiger partial charge in [-0.15, -0.1) is 0 Å². The summed E-state index contributed by atoms with van der Waals surface area (Å²) >= 11 is 0. The molecule has 3 aromatic rings. The van der Waals surface area contributed by atoms with Crippen molar-refractivity contribution in [3.63, 3.8) is 0 Å². The maximum absolute atomic E-state index is 12.5. The van der Waals surface area contributed by atoms with Crippen molar-refractivity contribution < 1.29 is 14.0 Å². The SMILES string of the molecule is CCCC(=O)Nc1cccc(NC(=O)c2oc3ccccc3c2C)c1. The zero-order valence-electron chi connectivity index (χ0n) is 14.3. The highest BCUT2D eigenvalue weighted by Gasteiger charge is 2.17. The van der Waals surface area contributed by atoms with E-state index in [0.29, 0.717) is 29.1 Å². The van der Waals surface area contributed by atoms with Crippen molar-refractivity contribution in [2.45, 2.75) is 26.7 Å². The summed E-state index contributed by atoms with van der Waals surface area (Å²) in [6.45, 7) is 3.81. The minimum atomic E-state index is -0.314. The van der Waals surface area contributed by atoms with Crippen LogP contribution in [0.15, 0.2) is 52.9 Å². The van der Waals surface area contributed by atoms with Gasteiger partial charge in [-0.1, -0.05) is 31.2 Å². The molecule has 0 spiro atoms. The largest absolute Gasteiger partial charge is 0.451 e.